The molecule has 2 saturated heterocycles. The number of piperidine rings is 2. The predicted octanol–water partition coefficient (Wildman–Crippen LogP) is 2.08. The highest BCUT2D eigenvalue weighted by atomic mass is 16.5. The van der Waals surface area contributed by atoms with E-state index in [2.05, 4.69) is 24.5 Å². The second-order valence-corrected chi connectivity index (χ2v) is 7.57. The van der Waals surface area contributed by atoms with E-state index in [-0.39, 0.29) is 0 Å². The maximum Gasteiger partial charge on any atom is 0.222 e. The SMILES string of the molecule is Cc1cc(CN2CC[C@@H]3[C@@H](CCC(=O)N3CCCn3ccnc3)C2)on1. The average molecular weight is 357 g/mol. The van der Waals surface area contributed by atoms with Crippen molar-refractivity contribution in [1.82, 2.24) is 24.5 Å². The summed E-state index contributed by atoms with van der Waals surface area (Å²) in [5.41, 5.74) is 0.933. The molecule has 7 nitrogen and oxygen atoms in total. The molecule has 0 saturated carbocycles. The molecule has 1 amide bonds. The molecule has 2 atom stereocenters. The van der Waals surface area contributed by atoms with E-state index in [4.69, 9.17) is 4.52 Å². The second kappa shape index (κ2) is 7.61. The van der Waals surface area contributed by atoms with Gasteiger partial charge in [-0.05, 0) is 32.1 Å². The van der Waals surface area contributed by atoms with Crippen molar-refractivity contribution in [2.45, 2.75) is 51.7 Å². The van der Waals surface area contributed by atoms with Gasteiger partial charge in [0, 0.05) is 57.1 Å². The molecule has 0 N–H and O–H groups in total. The van der Waals surface area contributed by atoms with E-state index in [1.807, 2.05) is 25.5 Å². The molecule has 0 radical (unpaired) electrons. The normalized spacial score (nSPS) is 24.0. The molecule has 2 aromatic heterocycles. The molecule has 2 aliphatic heterocycles. The number of imidazole rings is 1. The molecule has 2 fully saturated rings. The van der Waals surface area contributed by atoms with Crippen LogP contribution in [0.4, 0.5) is 0 Å². The molecule has 0 aliphatic carbocycles. The monoisotopic (exact) mass is 357 g/mol. The number of aromatic nitrogens is 3. The highest BCUT2D eigenvalue weighted by Crippen LogP contribution is 2.32. The minimum atomic E-state index is 0.330. The molecule has 7 heteroatoms. The van der Waals surface area contributed by atoms with Crippen LogP contribution in [0, 0.1) is 12.8 Å². The first-order valence-corrected chi connectivity index (χ1v) is 9.59. The molecule has 0 aromatic carbocycles. The summed E-state index contributed by atoms with van der Waals surface area (Å²) in [5.74, 6) is 1.83. The van der Waals surface area contributed by atoms with Crippen molar-refractivity contribution in [3.05, 3.63) is 36.2 Å². The van der Waals surface area contributed by atoms with Crippen molar-refractivity contribution >= 4 is 5.91 Å². The first-order valence-electron chi connectivity index (χ1n) is 9.59. The Labute approximate surface area is 154 Å². The van der Waals surface area contributed by atoms with Gasteiger partial charge in [0.2, 0.25) is 5.91 Å². The van der Waals surface area contributed by atoms with Crippen molar-refractivity contribution in [3.63, 3.8) is 0 Å². The van der Waals surface area contributed by atoms with Gasteiger partial charge in [0.15, 0.2) is 5.76 Å². The fraction of sp³-hybridized carbons (Fsp3) is 0.632. The predicted molar refractivity (Wildman–Crippen MR) is 96.2 cm³/mol. The standard InChI is InChI=1S/C19H27N5O2/c1-15-11-17(26-21-15)13-23-9-5-18-16(12-23)3-4-19(25)24(18)8-2-7-22-10-6-20-14-22/h6,10-11,14,16,18H,2-5,7-9,12-13H2,1H3/t16-,18+/m0/s1. The minimum Gasteiger partial charge on any atom is -0.360 e. The van der Waals surface area contributed by atoms with Gasteiger partial charge in [-0.3, -0.25) is 9.69 Å². The van der Waals surface area contributed by atoms with Gasteiger partial charge in [0.1, 0.15) is 0 Å². The van der Waals surface area contributed by atoms with Crippen LogP contribution < -0.4 is 0 Å². The van der Waals surface area contributed by atoms with Crippen LogP contribution in [-0.4, -0.2) is 56.1 Å². The highest BCUT2D eigenvalue weighted by Gasteiger charge is 2.39. The number of rotatable bonds is 6. The van der Waals surface area contributed by atoms with E-state index in [9.17, 15) is 4.79 Å². The summed E-state index contributed by atoms with van der Waals surface area (Å²) in [7, 11) is 0. The second-order valence-electron chi connectivity index (χ2n) is 7.57. The number of carbonyl (C=O) groups is 1. The van der Waals surface area contributed by atoms with Crippen LogP contribution in [0.5, 0.6) is 0 Å². The number of fused-ring (bicyclic) bond motifs is 1. The van der Waals surface area contributed by atoms with Crippen LogP contribution in [0.25, 0.3) is 0 Å². The van der Waals surface area contributed by atoms with Gasteiger partial charge in [-0.2, -0.15) is 0 Å². The zero-order chi connectivity index (χ0) is 17.9. The summed E-state index contributed by atoms with van der Waals surface area (Å²) < 4.78 is 7.44. The Morgan fingerprint density at radius 3 is 3.00 bits per heavy atom. The van der Waals surface area contributed by atoms with Crippen molar-refractivity contribution < 1.29 is 9.32 Å². The molecule has 2 aromatic rings. The molecule has 0 bridgehead atoms. The zero-order valence-electron chi connectivity index (χ0n) is 15.4. The van der Waals surface area contributed by atoms with Crippen LogP contribution in [0.15, 0.2) is 29.3 Å². The lowest BCUT2D eigenvalue weighted by molar-refractivity contribution is -0.141. The third-order valence-electron chi connectivity index (χ3n) is 5.66. The Hall–Kier alpha value is -2.15. The number of aryl methyl sites for hydroxylation is 2. The molecular weight excluding hydrogens is 330 g/mol. The number of hydrogen-bond acceptors (Lipinski definition) is 5. The van der Waals surface area contributed by atoms with E-state index >= 15 is 0 Å². The summed E-state index contributed by atoms with van der Waals surface area (Å²) in [6, 6.07) is 2.41. The average Bonchev–Trinajstić information content (AvgIpc) is 3.29. The van der Waals surface area contributed by atoms with Crippen molar-refractivity contribution in [2.75, 3.05) is 19.6 Å². The molecule has 4 rings (SSSR count). The summed E-state index contributed by atoms with van der Waals surface area (Å²) >= 11 is 0. The fourth-order valence-electron chi connectivity index (χ4n) is 4.41. The topological polar surface area (TPSA) is 67.4 Å². The number of amides is 1. The maximum atomic E-state index is 12.5. The molecular formula is C19H27N5O2. The minimum absolute atomic E-state index is 0.330. The summed E-state index contributed by atoms with van der Waals surface area (Å²) in [6.45, 7) is 6.58. The van der Waals surface area contributed by atoms with E-state index in [1.165, 1.54) is 0 Å². The van der Waals surface area contributed by atoms with Crippen LogP contribution in [0.2, 0.25) is 0 Å². The number of likely N-dealkylation sites (tertiary alicyclic amines) is 2. The van der Waals surface area contributed by atoms with Gasteiger partial charge >= 0.3 is 0 Å². The Balaban J connectivity index is 1.32. The van der Waals surface area contributed by atoms with Crippen LogP contribution in [0.3, 0.4) is 0 Å². The number of nitrogens with zero attached hydrogens (tertiary/aromatic N) is 5. The van der Waals surface area contributed by atoms with Crippen LogP contribution >= 0.6 is 0 Å². The fourth-order valence-corrected chi connectivity index (χ4v) is 4.41. The molecule has 26 heavy (non-hydrogen) atoms. The number of hydrogen-bond donors (Lipinski definition) is 0. The first kappa shape index (κ1) is 17.3. The van der Waals surface area contributed by atoms with Crippen LogP contribution in [-0.2, 0) is 17.9 Å². The highest BCUT2D eigenvalue weighted by molar-refractivity contribution is 5.77. The summed E-state index contributed by atoms with van der Waals surface area (Å²) in [4.78, 5) is 21.2. The molecule has 140 valence electrons. The Bertz CT molecular complexity index is 726. The lowest BCUT2D eigenvalue weighted by Crippen LogP contribution is -2.56. The Morgan fingerprint density at radius 2 is 2.23 bits per heavy atom. The van der Waals surface area contributed by atoms with Crippen LogP contribution in [0.1, 0.15) is 37.1 Å². The molecule has 4 heterocycles. The largest absolute Gasteiger partial charge is 0.360 e. The van der Waals surface area contributed by atoms with Crippen molar-refractivity contribution in [2.24, 2.45) is 5.92 Å². The van der Waals surface area contributed by atoms with Crippen molar-refractivity contribution in [3.8, 4) is 0 Å². The lowest BCUT2D eigenvalue weighted by Gasteiger charge is -2.47. The summed E-state index contributed by atoms with van der Waals surface area (Å²) in [5, 5.41) is 3.98. The van der Waals surface area contributed by atoms with E-state index in [0.29, 0.717) is 24.3 Å². The smallest absolute Gasteiger partial charge is 0.222 e. The first-order chi connectivity index (χ1) is 12.7. The quantitative estimate of drug-likeness (QED) is 0.792. The van der Waals surface area contributed by atoms with Gasteiger partial charge in [-0.15, -0.1) is 0 Å². The van der Waals surface area contributed by atoms with Gasteiger partial charge in [-0.1, -0.05) is 5.16 Å². The van der Waals surface area contributed by atoms with E-state index in [1.54, 1.807) is 6.20 Å². The Kier molecular flexibility index (Phi) is 5.06. The third kappa shape index (κ3) is 3.82. The molecule has 0 unspecified atom stereocenters. The maximum absolute atomic E-state index is 12.5. The van der Waals surface area contributed by atoms with Crippen molar-refractivity contribution in [1.29, 1.82) is 0 Å². The summed E-state index contributed by atoms with van der Waals surface area (Å²) in [6.07, 6.45) is 9.33. The van der Waals surface area contributed by atoms with E-state index < -0.39 is 0 Å². The van der Waals surface area contributed by atoms with Gasteiger partial charge in [0.05, 0.1) is 18.6 Å². The van der Waals surface area contributed by atoms with Gasteiger partial charge in [-0.25, -0.2) is 4.98 Å². The Morgan fingerprint density at radius 1 is 1.31 bits per heavy atom. The lowest BCUT2D eigenvalue weighted by atomic mass is 9.83. The van der Waals surface area contributed by atoms with Gasteiger partial charge < -0.3 is 14.0 Å². The third-order valence-corrected chi connectivity index (χ3v) is 5.66. The zero-order valence-corrected chi connectivity index (χ0v) is 15.4. The molecule has 0 spiro atoms. The van der Waals surface area contributed by atoms with E-state index in [0.717, 1.165) is 63.4 Å². The number of carbonyl (C=O) groups excluding carboxylic acids is 1. The molecule has 2 aliphatic rings. The van der Waals surface area contributed by atoms with Gasteiger partial charge in [0.25, 0.3) is 0 Å².